The summed E-state index contributed by atoms with van der Waals surface area (Å²) in [6, 6.07) is 16.0. The van der Waals surface area contributed by atoms with Crippen molar-refractivity contribution in [3.63, 3.8) is 0 Å². The molecule has 6 heteroatoms. The van der Waals surface area contributed by atoms with Gasteiger partial charge in [0.1, 0.15) is 24.3 Å². The van der Waals surface area contributed by atoms with E-state index in [1.165, 1.54) is 0 Å². The third kappa shape index (κ3) is 4.02. The van der Waals surface area contributed by atoms with Crippen molar-refractivity contribution in [1.29, 1.82) is 0 Å². The fraction of sp³-hybridized carbons (Fsp3) is 0.364. The highest BCUT2D eigenvalue weighted by molar-refractivity contribution is 5.81. The number of nitrogens with one attached hydrogen (secondary N) is 1. The van der Waals surface area contributed by atoms with Crippen LogP contribution >= 0.6 is 0 Å². The summed E-state index contributed by atoms with van der Waals surface area (Å²) < 4.78 is 13.5. The third-order valence-corrected chi connectivity index (χ3v) is 5.04. The maximum Gasteiger partial charge on any atom is 0.249 e. The second kappa shape index (κ2) is 8.44. The Balaban J connectivity index is 1.47. The van der Waals surface area contributed by atoms with Crippen LogP contribution in [0.4, 0.5) is 0 Å². The van der Waals surface area contributed by atoms with Gasteiger partial charge < -0.3 is 19.4 Å². The zero-order valence-corrected chi connectivity index (χ0v) is 16.1. The maximum absolute atomic E-state index is 12.3. The highest BCUT2D eigenvalue weighted by Gasteiger charge is 2.23. The van der Waals surface area contributed by atoms with Gasteiger partial charge in [0.05, 0.1) is 24.1 Å². The first kappa shape index (κ1) is 18.5. The Morgan fingerprint density at radius 3 is 2.89 bits per heavy atom. The Labute approximate surface area is 164 Å². The lowest BCUT2D eigenvalue weighted by molar-refractivity contribution is -0.130. The molecule has 28 heavy (non-hydrogen) atoms. The van der Waals surface area contributed by atoms with Gasteiger partial charge in [-0.25, -0.2) is 4.98 Å². The van der Waals surface area contributed by atoms with Gasteiger partial charge in [0.25, 0.3) is 0 Å². The number of benzene rings is 2. The van der Waals surface area contributed by atoms with Gasteiger partial charge in [-0.2, -0.15) is 0 Å². The molecular weight excluding hydrogens is 354 g/mol. The normalized spacial score (nSPS) is 16.4. The number of rotatable bonds is 7. The van der Waals surface area contributed by atoms with Crippen molar-refractivity contribution in [1.82, 2.24) is 14.9 Å². The van der Waals surface area contributed by atoms with E-state index in [1.807, 2.05) is 55.5 Å². The fourth-order valence-corrected chi connectivity index (χ4v) is 3.54. The lowest BCUT2D eigenvalue weighted by atomic mass is 10.2. The molecule has 2 heterocycles. The molecular formula is C22H25N3O3. The molecule has 146 valence electrons. The summed E-state index contributed by atoms with van der Waals surface area (Å²) in [6.07, 6.45) is 1.39. The van der Waals surface area contributed by atoms with Gasteiger partial charge in [-0.15, -0.1) is 0 Å². The lowest BCUT2D eigenvalue weighted by Crippen LogP contribution is -2.34. The summed E-state index contributed by atoms with van der Waals surface area (Å²) in [5.74, 6) is 1.65. The molecule has 1 atom stereocenters. The molecule has 1 saturated heterocycles. The molecule has 0 spiro atoms. The van der Waals surface area contributed by atoms with Crippen LogP contribution in [0.15, 0.2) is 48.5 Å². The van der Waals surface area contributed by atoms with Crippen LogP contribution in [0.1, 0.15) is 24.2 Å². The van der Waals surface area contributed by atoms with Crippen molar-refractivity contribution in [2.45, 2.75) is 39.0 Å². The van der Waals surface area contributed by atoms with E-state index >= 15 is 0 Å². The van der Waals surface area contributed by atoms with E-state index in [2.05, 4.69) is 9.88 Å². The molecule has 1 aliphatic heterocycles. The van der Waals surface area contributed by atoms with Crippen LogP contribution in [0.25, 0.3) is 11.0 Å². The summed E-state index contributed by atoms with van der Waals surface area (Å²) in [4.78, 5) is 17.0. The van der Waals surface area contributed by atoms with Gasteiger partial charge in [0.15, 0.2) is 0 Å². The number of carbonyl (C=O) groups is 1. The van der Waals surface area contributed by atoms with Crippen molar-refractivity contribution in [3.05, 3.63) is 59.9 Å². The van der Waals surface area contributed by atoms with E-state index < -0.39 is 0 Å². The van der Waals surface area contributed by atoms with Crippen molar-refractivity contribution in [2.24, 2.45) is 0 Å². The van der Waals surface area contributed by atoms with Crippen LogP contribution in [0, 0.1) is 6.92 Å². The van der Waals surface area contributed by atoms with Crippen LogP contribution in [0.5, 0.6) is 5.75 Å². The minimum Gasteiger partial charge on any atom is -0.491 e. The molecule has 3 aromatic rings. The van der Waals surface area contributed by atoms with Crippen molar-refractivity contribution < 1.29 is 14.3 Å². The zero-order valence-electron chi connectivity index (χ0n) is 16.1. The van der Waals surface area contributed by atoms with Crippen LogP contribution in [0.2, 0.25) is 0 Å². The number of hydrogen-bond acceptors (Lipinski definition) is 4. The Morgan fingerprint density at radius 2 is 2.07 bits per heavy atom. The number of imidazole rings is 1. The number of aryl methyl sites for hydroxylation is 1. The average Bonchev–Trinajstić information content (AvgIpc) is 3.36. The standard InChI is InChI=1S/C22H25N3O3/c1-16-7-2-5-10-19(16)28-14-12-25-18-9-4-3-8-17(18)24-21(25)15-23-22(26)20-11-6-13-27-20/h2-5,7-10,20H,6,11-15H2,1H3,(H,23,26). The number of para-hydroxylation sites is 3. The molecule has 4 rings (SSSR count). The molecule has 0 radical (unpaired) electrons. The summed E-state index contributed by atoms with van der Waals surface area (Å²) in [5, 5.41) is 2.97. The van der Waals surface area contributed by atoms with Crippen LogP contribution in [-0.4, -0.2) is 34.8 Å². The molecule has 1 N–H and O–H groups in total. The minimum absolute atomic E-state index is 0.0627. The van der Waals surface area contributed by atoms with E-state index in [1.54, 1.807) is 0 Å². The zero-order chi connectivity index (χ0) is 19.3. The van der Waals surface area contributed by atoms with Gasteiger partial charge in [0.2, 0.25) is 5.91 Å². The number of hydrogen-bond donors (Lipinski definition) is 1. The van der Waals surface area contributed by atoms with Crippen LogP contribution in [0.3, 0.4) is 0 Å². The van der Waals surface area contributed by atoms with E-state index in [-0.39, 0.29) is 12.0 Å². The Hall–Kier alpha value is -2.86. The van der Waals surface area contributed by atoms with Gasteiger partial charge >= 0.3 is 0 Å². The second-order valence-electron chi connectivity index (χ2n) is 7.00. The van der Waals surface area contributed by atoms with Gasteiger partial charge in [-0.05, 0) is 43.5 Å². The predicted molar refractivity (Wildman–Crippen MR) is 107 cm³/mol. The number of ether oxygens (including phenoxy) is 2. The van der Waals surface area contributed by atoms with Gasteiger partial charge in [-0.3, -0.25) is 4.79 Å². The van der Waals surface area contributed by atoms with Crippen LogP contribution < -0.4 is 10.1 Å². The van der Waals surface area contributed by atoms with E-state index in [0.717, 1.165) is 41.0 Å². The number of nitrogens with zero attached hydrogens (tertiary/aromatic N) is 2. The lowest BCUT2D eigenvalue weighted by Gasteiger charge is -2.13. The number of fused-ring (bicyclic) bond motifs is 1. The van der Waals surface area contributed by atoms with E-state index in [4.69, 9.17) is 14.5 Å². The first-order valence-corrected chi connectivity index (χ1v) is 9.74. The summed E-state index contributed by atoms with van der Waals surface area (Å²) >= 11 is 0. The monoisotopic (exact) mass is 379 g/mol. The Morgan fingerprint density at radius 1 is 1.25 bits per heavy atom. The largest absolute Gasteiger partial charge is 0.491 e. The summed E-state index contributed by atoms with van der Waals surface area (Å²) in [7, 11) is 0. The third-order valence-electron chi connectivity index (χ3n) is 5.04. The molecule has 0 bridgehead atoms. The molecule has 6 nitrogen and oxygen atoms in total. The number of amides is 1. The van der Waals surface area contributed by atoms with Crippen molar-refractivity contribution >= 4 is 16.9 Å². The van der Waals surface area contributed by atoms with Crippen molar-refractivity contribution in [3.8, 4) is 5.75 Å². The average molecular weight is 379 g/mol. The van der Waals surface area contributed by atoms with Gasteiger partial charge in [-0.1, -0.05) is 30.3 Å². The molecule has 0 aliphatic carbocycles. The second-order valence-corrected chi connectivity index (χ2v) is 7.00. The summed E-state index contributed by atoms with van der Waals surface area (Å²) in [5.41, 5.74) is 3.07. The van der Waals surface area contributed by atoms with Crippen LogP contribution in [-0.2, 0) is 22.6 Å². The maximum atomic E-state index is 12.3. The molecule has 1 aliphatic rings. The molecule has 1 amide bonds. The Bertz CT molecular complexity index is 961. The quantitative estimate of drug-likeness (QED) is 0.685. The highest BCUT2D eigenvalue weighted by atomic mass is 16.5. The summed E-state index contributed by atoms with van der Waals surface area (Å²) in [6.45, 7) is 4.25. The molecule has 1 aromatic heterocycles. The minimum atomic E-state index is -0.331. The molecule has 1 fully saturated rings. The Kier molecular flexibility index (Phi) is 5.58. The molecule has 2 aromatic carbocycles. The molecule has 1 unspecified atom stereocenters. The number of carbonyl (C=O) groups excluding carboxylic acids is 1. The first-order valence-electron chi connectivity index (χ1n) is 9.74. The van der Waals surface area contributed by atoms with E-state index in [0.29, 0.717) is 26.3 Å². The van der Waals surface area contributed by atoms with Crippen molar-refractivity contribution in [2.75, 3.05) is 13.2 Å². The van der Waals surface area contributed by atoms with Gasteiger partial charge in [0, 0.05) is 6.61 Å². The fourth-order valence-electron chi connectivity index (χ4n) is 3.54. The highest BCUT2D eigenvalue weighted by Crippen LogP contribution is 2.19. The number of aromatic nitrogens is 2. The smallest absolute Gasteiger partial charge is 0.249 e. The topological polar surface area (TPSA) is 65.4 Å². The molecule has 0 saturated carbocycles. The predicted octanol–water partition coefficient (Wildman–Crippen LogP) is 3.22. The van der Waals surface area contributed by atoms with E-state index in [9.17, 15) is 4.79 Å². The SMILES string of the molecule is Cc1ccccc1OCCn1c(CNC(=O)C2CCCO2)nc2ccccc21. The first-order chi connectivity index (χ1) is 13.7.